The van der Waals surface area contributed by atoms with Crippen LogP contribution in [-0.2, 0) is 4.74 Å². The molecule has 4 heteroatoms. The highest BCUT2D eigenvalue weighted by atomic mass is 16.5. The number of nitrogens with two attached hydrogens (primary N) is 1. The van der Waals surface area contributed by atoms with Crippen molar-refractivity contribution in [2.24, 2.45) is 5.73 Å². The molecule has 2 N–H and O–H groups in total. The van der Waals surface area contributed by atoms with E-state index >= 15 is 0 Å². The average Bonchev–Trinajstić information content (AvgIpc) is 2.98. The van der Waals surface area contributed by atoms with Crippen molar-refractivity contribution in [1.29, 1.82) is 0 Å². The van der Waals surface area contributed by atoms with Crippen molar-refractivity contribution < 1.29 is 9.47 Å². The SMILES string of the molecule is Cc1cc(OCC2CCCO2)ccc1N1CCCC(N)C1. The summed E-state index contributed by atoms with van der Waals surface area (Å²) in [6.07, 6.45) is 4.85. The number of rotatable bonds is 4. The van der Waals surface area contributed by atoms with Gasteiger partial charge in [-0.05, 0) is 56.4 Å². The summed E-state index contributed by atoms with van der Waals surface area (Å²) in [6, 6.07) is 6.66. The minimum Gasteiger partial charge on any atom is -0.491 e. The molecule has 0 amide bonds. The van der Waals surface area contributed by atoms with E-state index in [4.69, 9.17) is 15.2 Å². The third kappa shape index (κ3) is 3.69. The van der Waals surface area contributed by atoms with Crippen LogP contribution in [-0.4, -0.2) is 38.4 Å². The summed E-state index contributed by atoms with van der Waals surface area (Å²) in [7, 11) is 0. The minimum atomic E-state index is 0.269. The Hall–Kier alpha value is -1.26. The van der Waals surface area contributed by atoms with Crippen LogP contribution in [0.3, 0.4) is 0 Å². The molecule has 2 aliphatic rings. The largest absolute Gasteiger partial charge is 0.491 e. The van der Waals surface area contributed by atoms with Crippen LogP contribution in [0.25, 0.3) is 0 Å². The number of hydrogen-bond donors (Lipinski definition) is 1. The van der Waals surface area contributed by atoms with Gasteiger partial charge in [0.05, 0.1) is 6.10 Å². The van der Waals surface area contributed by atoms with Gasteiger partial charge in [-0.25, -0.2) is 0 Å². The lowest BCUT2D eigenvalue weighted by atomic mass is 10.0. The first-order valence-corrected chi connectivity index (χ1v) is 8.08. The monoisotopic (exact) mass is 290 g/mol. The Morgan fingerprint density at radius 3 is 2.95 bits per heavy atom. The van der Waals surface area contributed by atoms with Gasteiger partial charge in [0.25, 0.3) is 0 Å². The van der Waals surface area contributed by atoms with Gasteiger partial charge in [0, 0.05) is 31.4 Å². The van der Waals surface area contributed by atoms with Gasteiger partial charge in [-0.1, -0.05) is 0 Å². The van der Waals surface area contributed by atoms with Crippen LogP contribution in [0.1, 0.15) is 31.2 Å². The van der Waals surface area contributed by atoms with Crippen molar-refractivity contribution in [3.05, 3.63) is 23.8 Å². The summed E-state index contributed by atoms with van der Waals surface area (Å²) in [4.78, 5) is 2.40. The first kappa shape index (κ1) is 14.7. The van der Waals surface area contributed by atoms with E-state index in [0.717, 1.165) is 44.7 Å². The van der Waals surface area contributed by atoms with Gasteiger partial charge in [0.2, 0.25) is 0 Å². The molecule has 2 heterocycles. The summed E-state index contributed by atoms with van der Waals surface area (Å²) in [5.41, 5.74) is 8.62. The topological polar surface area (TPSA) is 47.7 Å². The molecule has 2 atom stereocenters. The predicted octanol–water partition coefficient (Wildman–Crippen LogP) is 2.48. The van der Waals surface area contributed by atoms with E-state index in [1.165, 1.54) is 17.7 Å². The summed E-state index contributed by atoms with van der Waals surface area (Å²) >= 11 is 0. The number of benzene rings is 1. The van der Waals surface area contributed by atoms with Crippen LogP contribution in [0.2, 0.25) is 0 Å². The minimum absolute atomic E-state index is 0.269. The van der Waals surface area contributed by atoms with Crippen LogP contribution in [0.5, 0.6) is 5.75 Å². The van der Waals surface area contributed by atoms with E-state index in [9.17, 15) is 0 Å². The summed E-state index contributed by atoms with van der Waals surface area (Å²) in [6.45, 7) is 5.74. The number of nitrogens with zero attached hydrogens (tertiary/aromatic N) is 1. The quantitative estimate of drug-likeness (QED) is 0.925. The van der Waals surface area contributed by atoms with E-state index in [-0.39, 0.29) is 6.10 Å². The van der Waals surface area contributed by atoms with Crippen molar-refractivity contribution in [3.8, 4) is 5.75 Å². The molecule has 0 saturated carbocycles. The molecule has 1 aromatic rings. The van der Waals surface area contributed by atoms with Crippen LogP contribution in [0, 0.1) is 6.92 Å². The Kier molecular flexibility index (Phi) is 4.66. The van der Waals surface area contributed by atoms with Gasteiger partial charge < -0.3 is 20.1 Å². The maximum Gasteiger partial charge on any atom is 0.119 e. The lowest BCUT2D eigenvalue weighted by Gasteiger charge is -2.33. The fourth-order valence-corrected chi connectivity index (χ4v) is 3.27. The fourth-order valence-electron chi connectivity index (χ4n) is 3.27. The lowest BCUT2D eigenvalue weighted by molar-refractivity contribution is 0.0679. The van der Waals surface area contributed by atoms with Gasteiger partial charge in [-0.3, -0.25) is 0 Å². The molecule has 2 unspecified atom stereocenters. The molecule has 116 valence electrons. The molecule has 0 aromatic heterocycles. The molecule has 3 rings (SSSR count). The first-order chi connectivity index (χ1) is 10.2. The maximum absolute atomic E-state index is 6.08. The number of aryl methyl sites for hydroxylation is 1. The molecule has 2 aliphatic heterocycles. The van der Waals surface area contributed by atoms with Gasteiger partial charge in [0.1, 0.15) is 12.4 Å². The Bertz CT molecular complexity index is 472. The summed E-state index contributed by atoms with van der Waals surface area (Å²) < 4.78 is 11.5. The van der Waals surface area contributed by atoms with Crippen molar-refractivity contribution in [1.82, 2.24) is 0 Å². The smallest absolute Gasteiger partial charge is 0.119 e. The zero-order valence-electron chi connectivity index (χ0n) is 12.9. The highest BCUT2D eigenvalue weighted by Gasteiger charge is 2.19. The molecule has 0 bridgehead atoms. The summed E-state index contributed by atoms with van der Waals surface area (Å²) in [5.74, 6) is 0.938. The molecular formula is C17H26N2O2. The third-order valence-electron chi connectivity index (χ3n) is 4.43. The zero-order valence-corrected chi connectivity index (χ0v) is 12.9. The Labute approximate surface area is 127 Å². The zero-order chi connectivity index (χ0) is 14.7. The van der Waals surface area contributed by atoms with Crippen LogP contribution in [0.15, 0.2) is 18.2 Å². The number of anilines is 1. The Balaban J connectivity index is 1.61. The van der Waals surface area contributed by atoms with E-state index < -0.39 is 0 Å². The average molecular weight is 290 g/mol. The standard InChI is InChI=1S/C17H26N2O2/c1-13-10-15(21-12-16-5-3-9-20-16)6-7-17(13)19-8-2-4-14(18)11-19/h6-7,10,14,16H,2-5,8-9,11-12,18H2,1H3. The highest BCUT2D eigenvalue weighted by Crippen LogP contribution is 2.27. The van der Waals surface area contributed by atoms with Crippen LogP contribution >= 0.6 is 0 Å². The molecule has 2 fully saturated rings. The predicted molar refractivity (Wildman–Crippen MR) is 85.1 cm³/mol. The van der Waals surface area contributed by atoms with E-state index in [1.54, 1.807) is 0 Å². The van der Waals surface area contributed by atoms with Gasteiger partial charge in [-0.2, -0.15) is 0 Å². The molecule has 0 spiro atoms. The number of piperidine rings is 1. The van der Waals surface area contributed by atoms with E-state index in [2.05, 4.69) is 30.0 Å². The Morgan fingerprint density at radius 2 is 2.24 bits per heavy atom. The second-order valence-electron chi connectivity index (χ2n) is 6.24. The normalized spacial score (nSPS) is 26.1. The molecule has 0 aliphatic carbocycles. The number of ether oxygens (including phenoxy) is 2. The van der Waals surface area contributed by atoms with E-state index in [1.807, 2.05) is 0 Å². The van der Waals surface area contributed by atoms with Crippen LogP contribution in [0.4, 0.5) is 5.69 Å². The van der Waals surface area contributed by atoms with Gasteiger partial charge in [-0.15, -0.1) is 0 Å². The molecule has 2 saturated heterocycles. The summed E-state index contributed by atoms with van der Waals surface area (Å²) in [5, 5.41) is 0. The number of hydrogen-bond acceptors (Lipinski definition) is 4. The molecule has 0 radical (unpaired) electrons. The van der Waals surface area contributed by atoms with Crippen LogP contribution < -0.4 is 15.4 Å². The molecule has 4 nitrogen and oxygen atoms in total. The van der Waals surface area contributed by atoms with Crippen molar-refractivity contribution in [2.75, 3.05) is 31.2 Å². The lowest BCUT2D eigenvalue weighted by Crippen LogP contribution is -2.43. The maximum atomic E-state index is 6.08. The molecule has 1 aromatic carbocycles. The fraction of sp³-hybridized carbons (Fsp3) is 0.647. The molecule has 21 heavy (non-hydrogen) atoms. The molecular weight excluding hydrogens is 264 g/mol. The van der Waals surface area contributed by atoms with Gasteiger partial charge >= 0.3 is 0 Å². The first-order valence-electron chi connectivity index (χ1n) is 8.08. The Morgan fingerprint density at radius 1 is 1.33 bits per heavy atom. The van der Waals surface area contributed by atoms with E-state index in [0.29, 0.717) is 12.6 Å². The van der Waals surface area contributed by atoms with Gasteiger partial charge in [0.15, 0.2) is 0 Å². The third-order valence-corrected chi connectivity index (χ3v) is 4.43. The second kappa shape index (κ2) is 6.67. The van der Waals surface area contributed by atoms with Crippen molar-refractivity contribution in [2.45, 2.75) is 44.8 Å². The van der Waals surface area contributed by atoms with Crippen molar-refractivity contribution in [3.63, 3.8) is 0 Å². The van der Waals surface area contributed by atoms with Crippen molar-refractivity contribution >= 4 is 5.69 Å². The highest BCUT2D eigenvalue weighted by molar-refractivity contribution is 5.56. The second-order valence-corrected chi connectivity index (χ2v) is 6.24.